The SMILES string of the molecule is CC(CC1CCCN1)Nc1ccc(N(C)C)nc1. The van der Waals surface area contributed by atoms with Crippen LogP contribution in [0.3, 0.4) is 0 Å². The van der Waals surface area contributed by atoms with E-state index in [1.165, 1.54) is 25.8 Å². The summed E-state index contributed by atoms with van der Waals surface area (Å²) in [5, 5.41) is 7.05. The first-order chi connectivity index (χ1) is 8.65. The van der Waals surface area contributed by atoms with Crippen LogP contribution in [0.25, 0.3) is 0 Å². The van der Waals surface area contributed by atoms with Crippen molar-refractivity contribution in [1.29, 1.82) is 0 Å². The predicted octanol–water partition coefficient (Wildman–Crippen LogP) is 2.09. The first-order valence-electron chi connectivity index (χ1n) is 6.78. The van der Waals surface area contributed by atoms with Crippen LogP contribution in [0.1, 0.15) is 26.2 Å². The average Bonchev–Trinajstić information content (AvgIpc) is 2.82. The second-order valence-electron chi connectivity index (χ2n) is 5.37. The van der Waals surface area contributed by atoms with Gasteiger partial charge in [0.25, 0.3) is 0 Å². The van der Waals surface area contributed by atoms with E-state index in [9.17, 15) is 0 Å². The summed E-state index contributed by atoms with van der Waals surface area (Å²) in [6.07, 6.45) is 5.71. The molecule has 2 rings (SSSR count). The number of rotatable bonds is 5. The topological polar surface area (TPSA) is 40.2 Å². The van der Waals surface area contributed by atoms with E-state index in [-0.39, 0.29) is 0 Å². The third-order valence-corrected chi connectivity index (χ3v) is 3.42. The minimum Gasteiger partial charge on any atom is -0.381 e. The van der Waals surface area contributed by atoms with Gasteiger partial charge in [-0.2, -0.15) is 0 Å². The van der Waals surface area contributed by atoms with E-state index in [0.29, 0.717) is 12.1 Å². The molecule has 4 heteroatoms. The van der Waals surface area contributed by atoms with Crippen molar-refractivity contribution >= 4 is 11.5 Å². The van der Waals surface area contributed by atoms with E-state index in [1.54, 1.807) is 0 Å². The third-order valence-electron chi connectivity index (χ3n) is 3.42. The average molecular weight is 248 g/mol. The minimum absolute atomic E-state index is 0.479. The molecule has 0 radical (unpaired) electrons. The lowest BCUT2D eigenvalue weighted by Gasteiger charge is -2.19. The summed E-state index contributed by atoms with van der Waals surface area (Å²) in [5.74, 6) is 0.991. The molecule has 0 amide bonds. The van der Waals surface area contributed by atoms with Crippen LogP contribution in [0.15, 0.2) is 18.3 Å². The number of pyridine rings is 1. The van der Waals surface area contributed by atoms with Crippen LogP contribution in [-0.4, -0.2) is 37.7 Å². The van der Waals surface area contributed by atoms with Crippen LogP contribution < -0.4 is 15.5 Å². The molecule has 18 heavy (non-hydrogen) atoms. The Kier molecular flexibility index (Phi) is 4.42. The monoisotopic (exact) mass is 248 g/mol. The molecule has 2 atom stereocenters. The van der Waals surface area contributed by atoms with Crippen molar-refractivity contribution in [2.75, 3.05) is 30.9 Å². The summed E-state index contributed by atoms with van der Waals surface area (Å²) in [4.78, 5) is 6.42. The third kappa shape index (κ3) is 3.60. The van der Waals surface area contributed by atoms with Crippen molar-refractivity contribution in [1.82, 2.24) is 10.3 Å². The zero-order chi connectivity index (χ0) is 13.0. The van der Waals surface area contributed by atoms with Gasteiger partial charge in [0.1, 0.15) is 5.82 Å². The number of anilines is 2. The van der Waals surface area contributed by atoms with E-state index < -0.39 is 0 Å². The molecular weight excluding hydrogens is 224 g/mol. The Bertz CT molecular complexity index is 355. The Morgan fingerprint density at radius 3 is 2.89 bits per heavy atom. The molecule has 2 N–H and O–H groups in total. The molecule has 0 saturated carbocycles. The number of nitrogens with zero attached hydrogens (tertiary/aromatic N) is 2. The van der Waals surface area contributed by atoms with E-state index in [1.807, 2.05) is 31.3 Å². The molecule has 1 fully saturated rings. The summed E-state index contributed by atoms with van der Waals surface area (Å²) >= 11 is 0. The molecule has 100 valence electrons. The molecule has 2 unspecified atom stereocenters. The number of nitrogens with one attached hydrogen (secondary N) is 2. The van der Waals surface area contributed by atoms with Gasteiger partial charge in [0, 0.05) is 26.2 Å². The molecule has 1 aromatic rings. The molecule has 0 spiro atoms. The van der Waals surface area contributed by atoms with E-state index in [4.69, 9.17) is 0 Å². The van der Waals surface area contributed by atoms with Crippen molar-refractivity contribution in [3.05, 3.63) is 18.3 Å². The maximum Gasteiger partial charge on any atom is 0.128 e. The number of hydrogen-bond donors (Lipinski definition) is 2. The lowest BCUT2D eigenvalue weighted by Crippen LogP contribution is -2.29. The molecule has 0 bridgehead atoms. The second-order valence-corrected chi connectivity index (χ2v) is 5.37. The smallest absolute Gasteiger partial charge is 0.128 e. The fourth-order valence-electron chi connectivity index (χ4n) is 2.46. The normalized spacial score (nSPS) is 20.7. The fraction of sp³-hybridized carbons (Fsp3) is 0.643. The molecule has 0 aliphatic carbocycles. The van der Waals surface area contributed by atoms with Crippen molar-refractivity contribution in [3.8, 4) is 0 Å². The van der Waals surface area contributed by atoms with E-state index >= 15 is 0 Å². The van der Waals surface area contributed by atoms with Gasteiger partial charge in [0.05, 0.1) is 11.9 Å². The van der Waals surface area contributed by atoms with Crippen LogP contribution >= 0.6 is 0 Å². The van der Waals surface area contributed by atoms with Crippen LogP contribution in [0.4, 0.5) is 11.5 Å². The number of hydrogen-bond acceptors (Lipinski definition) is 4. The van der Waals surface area contributed by atoms with Crippen molar-refractivity contribution in [3.63, 3.8) is 0 Å². The van der Waals surface area contributed by atoms with Gasteiger partial charge in [-0.1, -0.05) is 0 Å². The Morgan fingerprint density at radius 2 is 2.33 bits per heavy atom. The van der Waals surface area contributed by atoms with Crippen LogP contribution in [0.2, 0.25) is 0 Å². The van der Waals surface area contributed by atoms with Gasteiger partial charge < -0.3 is 15.5 Å². The van der Waals surface area contributed by atoms with Gasteiger partial charge in [0.15, 0.2) is 0 Å². The van der Waals surface area contributed by atoms with Crippen LogP contribution in [-0.2, 0) is 0 Å². The molecule has 1 aliphatic heterocycles. The largest absolute Gasteiger partial charge is 0.381 e. The quantitative estimate of drug-likeness (QED) is 0.837. The molecule has 1 saturated heterocycles. The van der Waals surface area contributed by atoms with E-state index in [0.717, 1.165) is 11.5 Å². The Morgan fingerprint density at radius 1 is 1.50 bits per heavy atom. The highest BCUT2D eigenvalue weighted by atomic mass is 15.1. The Balaban J connectivity index is 1.84. The molecule has 0 aromatic carbocycles. The minimum atomic E-state index is 0.479. The molecule has 4 nitrogen and oxygen atoms in total. The first kappa shape index (κ1) is 13.1. The molecule has 1 aliphatic rings. The summed E-state index contributed by atoms with van der Waals surface area (Å²) < 4.78 is 0. The maximum atomic E-state index is 4.41. The summed E-state index contributed by atoms with van der Waals surface area (Å²) in [6, 6.07) is 5.30. The number of aromatic nitrogens is 1. The molecular formula is C14H24N4. The second kappa shape index (κ2) is 6.05. The van der Waals surface area contributed by atoms with Gasteiger partial charge in [-0.3, -0.25) is 0 Å². The zero-order valence-corrected chi connectivity index (χ0v) is 11.6. The standard InChI is InChI=1S/C14H24N4/c1-11(9-12-5-4-8-15-12)17-13-6-7-14(16-10-13)18(2)3/h6-7,10-12,15,17H,4-5,8-9H2,1-3H3. The summed E-state index contributed by atoms with van der Waals surface area (Å²) in [6.45, 7) is 3.41. The Labute approximate surface area is 110 Å². The van der Waals surface area contributed by atoms with Gasteiger partial charge in [-0.15, -0.1) is 0 Å². The highest BCUT2D eigenvalue weighted by Gasteiger charge is 2.16. The molecule has 1 aromatic heterocycles. The van der Waals surface area contributed by atoms with Gasteiger partial charge in [-0.25, -0.2) is 4.98 Å². The highest BCUT2D eigenvalue weighted by Crippen LogP contribution is 2.16. The fourth-order valence-corrected chi connectivity index (χ4v) is 2.46. The van der Waals surface area contributed by atoms with Gasteiger partial charge in [-0.05, 0) is 44.9 Å². The van der Waals surface area contributed by atoms with Crippen LogP contribution in [0.5, 0.6) is 0 Å². The van der Waals surface area contributed by atoms with Crippen molar-refractivity contribution in [2.24, 2.45) is 0 Å². The van der Waals surface area contributed by atoms with E-state index in [2.05, 4.69) is 28.6 Å². The summed E-state index contributed by atoms with van der Waals surface area (Å²) in [5.41, 5.74) is 1.10. The Hall–Kier alpha value is -1.29. The maximum absolute atomic E-state index is 4.41. The zero-order valence-electron chi connectivity index (χ0n) is 11.6. The van der Waals surface area contributed by atoms with Gasteiger partial charge >= 0.3 is 0 Å². The predicted molar refractivity (Wildman–Crippen MR) is 77.3 cm³/mol. The van der Waals surface area contributed by atoms with Crippen molar-refractivity contribution < 1.29 is 0 Å². The van der Waals surface area contributed by atoms with Crippen molar-refractivity contribution in [2.45, 2.75) is 38.3 Å². The van der Waals surface area contributed by atoms with Crippen LogP contribution in [0, 0.1) is 0 Å². The lowest BCUT2D eigenvalue weighted by atomic mass is 10.1. The first-order valence-corrected chi connectivity index (χ1v) is 6.78. The molecule has 2 heterocycles. The lowest BCUT2D eigenvalue weighted by molar-refractivity contribution is 0.523. The summed E-state index contributed by atoms with van der Waals surface area (Å²) in [7, 11) is 4.01. The van der Waals surface area contributed by atoms with Gasteiger partial charge in [0.2, 0.25) is 0 Å². The highest BCUT2D eigenvalue weighted by molar-refractivity contribution is 5.48.